The third-order valence-corrected chi connectivity index (χ3v) is 3.89. The van der Waals surface area contributed by atoms with Crippen LogP contribution in [0.15, 0.2) is 18.2 Å². The Balaban J connectivity index is 2.63. The van der Waals surface area contributed by atoms with Gasteiger partial charge in [0, 0.05) is 36.0 Å². The maximum absolute atomic E-state index is 13.6. The first-order chi connectivity index (χ1) is 9.08. The Morgan fingerprint density at radius 2 is 2.11 bits per heavy atom. The molecule has 1 aromatic carbocycles. The molecule has 0 aliphatic rings. The van der Waals surface area contributed by atoms with Crippen molar-refractivity contribution in [3.05, 3.63) is 35.1 Å². The van der Waals surface area contributed by atoms with Gasteiger partial charge in [-0.3, -0.25) is 4.21 Å². The molecule has 0 radical (unpaired) electrons. The normalized spacial score (nSPS) is 12.2. The lowest BCUT2D eigenvalue weighted by atomic mass is 10.1. The fourth-order valence-electron chi connectivity index (χ4n) is 1.55. The monoisotopic (exact) mass is 288 g/mol. The molecule has 6 heteroatoms. The summed E-state index contributed by atoms with van der Waals surface area (Å²) in [5.74, 6) is -0.598. The van der Waals surface area contributed by atoms with E-state index in [1.54, 1.807) is 13.2 Å². The van der Waals surface area contributed by atoms with Gasteiger partial charge in [-0.1, -0.05) is 6.07 Å². The third-order valence-electron chi connectivity index (χ3n) is 2.49. The maximum Gasteiger partial charge on any atom is 0.340 e. The number of rotatable bonds is 7. The van der Waals surface area contributed by atoms with Crippen LogP contribution in [0.1, 0.15) is 22.3 Å². The van der Waals surface area contributed by atoms with Gasteiger partial charge in [0.25, 0.3) is 0 Å². The zero-order valence-electron chi connectivity index (χ0n) is 11.0. The molecule has 4 nitrogen and oxygen atoms in total. The topological polar surface area (TPSA) is 52.6 Å². The van der Waals surface area contributed by atoms with Crippen molar-refractivity contribution in [1.29, 1.82) is 0 Å². The van der Waals surface area contributed by atoms with Gasteiger partial charge in [-0.2, -0.15) is 0 Å². The van der Waals surface area contributed by atoms with Crippen LogP contribution >= 0.6 is 0 Å². The van der Waals surface area contributed by atoms with Crippen LogP contribution in [0, 0.1) is 5.82 Å². The van der Waals surface area contributed by atoms with Crippen LogP contribution in [-0.2, 0) is 26.0 Å². The van der Waals surface area contributed by atoms with Crippen molar-refractivity contribution < 1.29 is 22.9 Å². The van der Waals surface area contributed by atoms with Crippen LogP contribution < -0.4 is 0 Å². The van der Waals surface area contributed by atoms with Crippen molar-refractivity contribution in [1.82, 2.24) is 0 Å². The second kappa shape index (κ2) is 8.01. The van der Waals surface area contributed by atoms with Gasteiger partial charge in [0.1, 0.15) is 5.82 Å². The molecule has 0 saturated carbocycles. The molecule has 1 aromatic rings. The minimum Gasteiger partial charge on any atom is -0.465 e. The van der Waals surface area contributed by atoms with E-state index in [2.05, 4.69) is 4.74 Å². The highest BCUT2D eigenvalue weighted by Gasteiger charge is 2.13. The molecule has 0 heterocycles. The molecule has 1 atom stereocenters. The number of benzene rings is 1. The van der Waals surface area contributed by atoms with Gasteiger partial charge >= 0.3 is 5.97 Å². The first kappa shape index (κ1) is 15.8. The van der Waals surface area contributed by atoms with E-state index in [1.165, 1.54) is 19.2 Å². The molecule has 0 saturated heterocycles. The molecular weight excluding hydrogens is 271 g/mol. The molecule has 0 spiro atoms. The Labute approximate surface area is 114 Å². The van der Waals surface area contributed by atoms with Gasteiger partial charge in [0.05, 0.1) is 12.7 Å². The average Bonchev–Trinajstić information content (AvgIpc) is 2.38. The van der Waals surface area contributed by atoms with E-state index in [-0.39, 0.29) is 11.3 Å². The molecule has 0 N–H and O–H groups in total. The Kier molecular flexibility index (Phi) is 6.66. The lowest BCUT2D eigenvalue weighted by molar-refractivity contribution is 0.0595. The number of hydrogen-bond donors (Lipinski definition) is 0. The molecular formula is C13H17FO4S. The number of methoxy groups -OCH3 is 2. The van der Waals surface area contributed by atoms with Crippen molar-refractivity contribution >= 4 is 16.8 Å². The molecule has 0 aliphatic carbocycles. The summed E-state index contributed by atoms with van der Waals surface area (Å²) in [5.41, 5.74) is 0.484. The minimum atomic E-state index is -1.06. The fraction of sp³-hybridized carbons (Fsp3) is 0.462. The van der Waals surface area contributed by atoms with E-state index >= 15 is 0 Å². The summed E-state index contributed by atoms with van der Waals surface area (Å²) in [5, 5.41) is 0. The highest BCUT2D eigenvalue weighted by Crippen LogP contribution is 2.13. The number of carbonyl (C=O) groups is 1. The van der Waals surface area contributed by atoms with Gasteiger partial charge in [-0.25, -0.2) is 9.18 Å². The summed E-state index contributed by atoms with van der Waals surface area (Å²) in [4.78, 5) is 11.2. The van der Waals surface area contributed by atoms with Crippen molar-refractivity contribution in [3.63, 3.8) is 0 Å². The van der Waals surface area contributed by atoms with Crippen molar-refractivity contribution in [2.24, 2.45) is 0 Å². The summed E-state index contributed by atoms with van der Waals surface area (Å²) < 4.78 is 34.7. The first-order valence-electron chi connectivity index (χ1n) is 5.79. The predicted octanol–water partition coefficient (Wildman–Crippen LogP) is 1.90. The van der Waals surface area contributed by atoms with Gasteiger partial charge in [-0.15, -0.1) is 0 Å². The minimum absolute atomic E-state index is 0.114. The zero-order valence-corrected chi connectivity index (χ0v) is 11.8. The summed E-state index contributed by atoms with van der Waals surface area (Å²) in [6.45, 7) is 0.557. The van der Waals surface area contributed by atoms with E-state index < -0.39 is 22.6 Å². The van der Waals surface area contributed by atoms with Crippen molar-refractivity contribution in [3.8, 4) is 0 Å². The number of carbonyl (C=O) groups excluding carboxylic acids is 1. The second-order valence-corrected chi connectivity index (χ2v) is 5.52. The zero-order chi connectivity index (χ0) is 14.3. The molecule has 0 aromatic heterocycles. The fourth-order valence-corrected chi connectivity index (χ4v) is 2.68. The summed E-state index contributed by atoms with van der Waals surface area (Å²) in [6, 6.07) is 4.16. The van der Waals surface area contributed by atoms with E-state index in [4.69, 9.17) is 4.74 Å². The highest BCUT2D eigenvalue weighted by atomic mass is 32.2. The van der Waals surface area contributed by atoms with Crippen LogP contribution in [0.3, 0.4) is 0 Å². The van der Waals surface area contributed by atoms with Gasteiger partial charge in [0.2, 0.25) is 0 Å². The van der Waals surface area contributed by atoms with Crippen LogP contribution in [0.2, 0.25) is 0 Å². The average molecular weight is 288 g/mol. The Bertz CT molecular complexity index is 462. The van der Waals surface area contributed by atoms with Gasteiger partial charge < -0.3 is 9.47 Å². The van der Waals surface area contributed by atoms with Crippen LogP contribution in [0.25, 0.3) is 0 Å². The smallest absolute Gasteiger partial charge is 0.340 e. The standard InChI is InChI=1S/C13H17FO4S/c1-17-6-3-7-19(16)9-10-4-5-11(12(14)8-10)13(15)18-2/h4-5,8H,3,6-7,9H2,1-2H3. The van der Waals surface area contributed by atoms with E-state index in [9.17, 15) is 13.4 Å². The summed E-state index contributed by atoms with van der Waals surface area (Å²) in [7, 11) is 1.72. The maximum atomic E-state index is 13.6. The van der Waals surface area contributed by atoms with Gasteiger partial charge in [-0.05, 0) is 24.1 Å². The molecule has 1 rings (SSSR count). The quantitative estimate of drug-likeness (QED) is 0.568. The molecule has 0 amide bonds. The Hall–Kier alpha value is -1.27. The summed E-state index contributed by atoms with van der Waals surface area (Å²) in [6.07, 6.45) is 0.700. The van der Waals surface area contributed by atoms with E-state index in [0.29, 0.717) is 24.3 Å². The molecule has 1 unspecified atom stereocenters. The highest BCUT2D eigenvalue weighted by molar-refractivity contribution is 7.84. The number of esters is 1. The van der Waals surface area contributed by atoms with Gasteiger partial charge in [0.15, 0.2) is 0 Å². The Morgan fingerprint density at radius 3 is 2.68 bits per heavy atom. The Morgan fingerprint density at radius 1 is 1.37 bits per heavy atom. The molecule has 106 valence electrons. The van der Waals surface area contributed by atoms with Crippen LogP contribution in [0.4, 0.5) is 4.39 Å². The second-order valence-electron chi connectivity index (χ2n) is 3.94. The SMILES string of the molecule is COCCCS(=O)Cc1ccc(C(=O)OC)c(F)c1. The number of halogens is 1. The third kappa shape index (κ3) is 5.08. The van der Waals surface area contributed by atoms with Crippen molar-refractivity contribution in [2.75, 3.05) is 26.6 Å². The number of ether oxygens (including phenoxy) is 2. The summed E-state index contributed by atoms with van der Waals surface area (Å²) >= 11 is 0. The molecule has 19 heavy (non-hydrogen) atoms. The van der Waals surface area contributed by atoms with Crippen LogP contribution in [0.5, 0.6) is 0 Å². The molecule has 0 aliphatic heterocycles. The predicted molar refractivity (Wildman–Crippen MR) is 70.9 cm³/mol. The molecule has 0 bridgehead atoms. The van der Waals surface area contributed by atoms with Crippen molar-refractivity contribution in [2.45, 2.75) is 12.2 Å². The van der Waals surface area contributed by atoms with E-state index in [1.807, 2.05) is 0 Å². The lowest BCUT2D eigenvalue weighted by Crippen LogP contribution is -2.07. The van der Waals surface area contributed by atoms with Crippen LogP contribution in [-0.4, -0.2) is 36.8 Å². The molecule has 0 fully saturated rings. The number of hydrogen-bond acceptors (Lipinski definition) is 4. The first-order valence-corrected chi connectivity index (χ1v) is 7.28. The lowest BCUT2D eigenvalue weighted by Gasteiger charge is -2.05. The van der Waals surface area contributed by atoms with E-state index in [0.717, 1.165) is 0 Å². The largest absolute Gasteiger partial charge is 0.465 e.